The minimum Gasteiger partial charge on any atom is -0.348 e. The van der Waals surface area contributed by atoms with Gasteiger partial charge in [-0.25, -0.2) is 0 Å². The van der Waals surface area contributed by atoms with Gasteiger partial charge in [-0.15, -0.1) is 0 Å². The SMILES string of the molecule is Cc1cccc(CNC(=O)c2ccccc2NC(=O)C(=O)NC2CCCC2)c1. The molecule has 1 fully saturated rings. The summed E-state index contributed by atoms with van der Waals surface area (Å²) in [5, 5.41) is 8.16. The zero-order chi connectivity index (χ0) is 19.9. The summed E-state index contributed by atoms with van der Waals surface area (Å²) in [4.78, 5) is 36.9. The molecule has 0 spiro atoms. The molecule has 2 aromatic carbocycles. The predicted octanol–water partition coefficient (Wildman–Crippen LogP) is 2.92. The van der Waals surface area contributed by atoms with Gasteiger partial charge in [0, 0.05) is 12.6 Å². The standard InChI is InChI=1S/C22H25N3O3/c1-15-7-6-8-16(13-15)14-23-20(26)18-11-4-5-12-19(18)25-22(28)21(27)24-17-9-2-3-10-17/h4-8,11-13,17H,2-3,9-10,14H2,1H3,(H,23,26)(H,24,27)(H,25,28). The van der Waals surface area contributed by atoms with Gasteiger partial charge in [-0.3, -0.25) is 14.4 Å². The Morgan fingerprint density at radius 2 is 1.71 bits per heavy atom. The molecule has 6 nitrogen and oxygen atoms in total. The van der Waals surface area contributed by atoms with Crippen molar-refractivity contribution in [1.82, 2.24) is 10.6 Å². The molecule has 0 saturated heterocycles. The molecular weight excluding hydrogens is 354 g/mol. The highest BCUT2D eigenvalue weighted by atomic mass is 16.2. The molecule has 1 saturated carbocycles. The first-order valence-electron chi connectivity index (χ1n) is 9.57. The van der Waals surface area contributed by atoms with E-state index in [1.165, 1.54) is 0 Å². The number of benzene rings is 2. The summed E-state index contributed by atoms with van der Waals surface area (Å²) in [6.45, 7) is 2.37. The van der Waals surface area contributed by atoms with Gasteiger partial charge in [-0.05, 0) is 37.5 Å². The molecule has 146 valence electrons. The van der Waals surface area contributed by atoms with Crippen molar-refractivity contribution in [3.8, 4) is 0 Å². The van der Waals surface area contributed by atoms with E-state index in [9.17, 15) is 14.4 Å². The number of carbonyl (C=O) groups excluding carboxylic acids is 3. The van der Waals surface area contributed by atoms with Crippen molar-refractivity contribution >= 4 is 23.4 Å². The van der Waals surface area contributed by atoms with Crippen molar-refractivity contribution in [2.45, 2.75) is 45.2 Å². The molecule has 1 aliphatic carbocycles. The van der Waals surface area contributed by atoms with Crippen LogP contribution < -0.4 is 16.0 Å². The van der Waals surface area contributed by atoms with E-state index >= 15 is 0 Å². The molecule has 0 unspecified atom stereocenters. The van der Waals surface area contributed by atoms with Crippen molar-refractivity contribution in [3.63, 3.8) is 0 Å². The molecule has 3 rings (SSSR count). The van der Waals surface area contributed by atoms with Crippen LogP contribution in [0.1, 0.15) is 47.2 Å². The molecule has 3 amide bonds. The van der Waals surface area contributed by atoms with Crippen LogP contribution in [-0.4, -0.2) is 23.8 Å². The second-order valence-electron chi connectivity index (χ2n) is 7.13. The summed E-state index contributed by atoms with van der Waals surface area (Å²) in [6.07, 6.45) is 3.93. The van der Waals surface area contributed by atoms with Crippen LogP contribution in [0.15, 0.2) is 48.5 Å². The summed E-state index contributed by atoms with van der Waals surface area (Å²) < 4.78 is 0. The third kappa shape index (κ3) is 5.19. The number of aryl methyl sites for hydroxylation is 1. The molecular formula is C22H25N3O3. The quantitative estimate of drug-likeness (QED) is 0.698. The van der Waals surface area contributed by atoms with E-state index in [0.29, 0.717) is 17.8 Å². The first kappa shape index (κ1) is 19.6. The largest absolute Gasteiger partial charge is 0.348 e. The van der Waals surface area contributed by atoms with Gasteiger partial charge in [0.05, 0.1) is 11.3 Å². The average Bonchev–Trinajstić information content (AvgIpc) is 3.19. The number of rotatable bonds is 5. The lowest BCUT2D eigenvalue weighted by Gasteiger charge is -2.14. The smallest absolute Gasteiger partial charge is 0.313 e. The third-order valence-corrected chi connectivity index (χ3v) is 4.85. The Hall–Kier alpha value is -3.15. The second-order valence-corrected chi connectivity index (χ2v) is 7.13. The highest BCUT2D eigenvalue weighted by Gasteiger charge is 2.22. The Morgan fingerprint density at radius 3 is 2.46 bits per heavy atom. The van der Waals surface area contributed by atoms with E-state index in [0.717, 1.165) is 36.8 Å². The number of hydrogen-bond acceptors (Lipinski definition) is 3. The second kappa shape index (κ2) is 9.17. The van der Waals surface area contributed by atoms with Crippen LogP contribution in [0.5, 0.6) is 0 Å². The minimum atomic E-state index is -0.758. The maximum atomic E-state index is 12.6. The lowest BCUT2D eigenvalue weighted by molar-refractivity contribution is -0.136. The van der Waals surface area contributed by atoms with Gasteiger partial charge in [-0.1, -0.05) is 54.8 Å². The van der Waals surface area contributed by atoms with E-state index in [4.69, 9.17) is 0 Å². The van der Waals surface area contributed by atoms with Crippen molar-refractivity contribution in [1.29, 1.82) is 0 Å². The molecule has 6 heteroatoms. The lowest BCUT2D eigenvalue weighted by Crippen LogP contribution is -2.40. The Bertz CT molecular complexity index is 873. The predicted molar refractivity (Wildman–Crippen MR) is 108 cm³/mol. The van der Waals surface area contributed by atoms with Crippen molar-refractivity contribution in [3.05, 3.63) is 65.2 Å². The lowest BCUT2D eigenvalue weighted by atomic mass is 10.1. The maximum Gasteiger partial charge on any atom is 0.313 e. The fourth-order valence-electron chi connectivity index (χ4n) is 3.39. The number of nitrogens with one attached hydrogen (secondary N) is 3. The molecule has 0 atom stereocenters. The van der Waals surface area contributed by atoms with E-state index in [1.54, 1.807) is 24.3 Å². The van der Waals surface area contributed by atoms with Gasteiger partial charge < -0.3 is 16.0 Å². The number of anilines is 1. The number of amides is 3. The molecule has 0 bridgehead atoms. The average molecular weight is 379 g/mol. The first-order chi connectivity index (χ1) is 13.5. The summed E-state index contributed by atoms with van der Waals surface area (Å²) in [5.74, 6) is -1.73. The summed E-state index contributed by atoms with van der Waals surface area (Å²) in [5.41, 5.74) is 2.74. The molecule has 0 heterocycles. The van der Waals surface area contributed by atoms with Gasteiger partial charge in [0.15, 0.2) is 0 Å². The van der Waals surface area contributed by atoms with Gasteiger partial charge in [-0.2, -0.15) is 0 Å². The van der Waals surface area contributed by atoms with Crippen LogP contribution in [0.2, 0.25) is 0 Å². The Kier molecular flexibility index (Phi) is 6.42. The highest BCUT2D eigenvalue weighted by molar-refractivity contribution is 6.40. The van der Waals surface area contributed by atoms with Gasteiger partial charge >= 0.3 is 11.8 Å². The molecule has 2 aromatic rings. The number of hydrogen-bond donors (Lipinski definition) is 3. The summed E-state index contributed by atoms with van der Waals surface area (Å²) in [6, 6.07) is 14.6. The summed E-state index contributed by atoms with van der Waals surface area (Å²) >= 11 is 0. The number of para-hydroxylation sites is 1. The topological polar surface area (TPSA) is 87.3 Å². The van der Waals surface area contributed by atoms with Crippen molar-refractivity contribution < 1.29 is 14.4 Å². The molecule has 0 aromatic heterocycles. The molecule has 28 heavy (non-hydrogen) atoms. The van der Waals surface area contributed by atoms with Crippen LogP contribution in [0.25, 0.3) is 0 Å². The molecule has 0 aliphatic heterocycles. The first-order valence-corrected chi connectivity index (χ1v) is 9.57. The molecule has 3 N–H and O–H groups in total. The normalized spacial score (nSPS) is 13.8. The van der Waals surface area contributed by atoms with Crippen LogP contribution >= 0.6 is 0 Å². The highest BCUT2D eigenvalue weighted by Crippen LogP contribution is 2.18. The fourth-order valence-corrected chi connectivity index (χ4v) is 3.39. The van der Waals surface area contributed by atoms with E-state index < -0.39 is 11.8 Å². The Balaban J connectivity index is 1.62. The molecule has 1 aliphatic rings. The Morgan fingerprint density at radius 1 is 0.964 bits per heavy atom. The maximum absolute atomic E-state index is 12.6. The summed E-state index contributed by atoms with van der Waals surface area (Å²) in [7, 11) is 0. The van der Waals surface area contributed by atoms with Crippen molar-refractivity contribution in [2.24, 2.45) is 0 Å². The van der Waals surface area contributed by atoms with Crippen LogP contribution in [0.4, 0.5) is 5.69 Å². The Labute approximate surface area is 164 Å². The minimum absolute atomic E-state index is 0.0612. The number of carbonyl (C=O) groups is 3. The van der Waals surface area contributed by atoms with Crippen LogP contribution in [-0.2, 0) is 16.1 Å². The van der Waals surface area contributed by atoms with Crippen LogP contribution in [0, 0.1) is 6.92 Å². The van der Waals surface area contributed by atoms with Gasteiger partial charge in [0.25, 0.3) is 5.91 Å². The van der Waals surface area contributed by atoms with Crippen molar-refractivity contribution in [2.75, 3.05) is 5.32 Å². The van der Waals surface area contributed by atoms with E-state index in [2.05, 4.69) is 16.0 Å². The molecule has 0 radical (unpaired) electrons. The van der Waals surface area contributed by atoms with E-state index in [1.807, 2.05) is 31.2 Å². The zero-order valence-electron chi connectivity index (χ0n) is 16.0. The van der Waals surface area contributed by atoms with E-state index in [-0.39, 0.29) is 11.9 Å². The monoisotopic (exact) mass is 379 g/mol. The zero-order valence-corrected chi connectivity index (χ0v) is 16.0. The third-order valence-electron chi connectivity index (χ3n) is 4.85. The van der Waals surface area contributed by atoms with Gasteiger partial charge in [0.2, 0.25) is 0 Å². The van der Waals surface area contributed by atoms with Crippen LogP contribution in [0.3, 0.4) is 0 Å². The van der Waals surface area contributed by atoms with Gasteiger partial charge in [0.1, 0.15) is 0 Å². The fraction of sp³-hybridized carbons (Fsp3) is 0.318.